The van der Waals surface area contributed by atoms with Crippen LogP contribution in [-0.2, 0) is 11.2 Å². The molecule has 1 aromatic heterocycles. The van der Waals surface area contributed by atoms with Gasteiger partial charge in [-0.25, -0.2) is 0 Å². The molecule has 0 aliphatic carbocycles. The van der Waals surface area contributed by atoms with Gasteiger partial charge in [0.05, 0.1) is 6.20 Å². The Bertz CT molecular complexity index is 424. The average molecular weight is 345 g/mol. The van der Waals surface area contributed by atoms with E-state index in [1.165, 1.54) is 62.5 Å². The largest absolute Gasteiger partial charge is 0.610 e. The lowest BCUT2D eigenvalue weighted by atomic mass is 10.1. The van der Waals surface area contributed by atoms with Crippen molar-refractivity contribution in [2.45, 2.75) is 69.6 Å². The topological polar surface area (TPSA) is 65.0 Å². The minimum absolute atomic E-state index is 0.0974. The molecule has 0 spiro atoms. The van der Waals surface area contributed by atoms with Crippen LogP contribution >= 0.6 is 11.3 Å². The third-order valence-electron chi connectivity index (χ3n) is 3.48. The zero-order chi connectivity index (χ0) is 16.2. The van der Waals surface area contributed by atoms with Crippen LogP contribution in [0.4, 0.5) is 0 Å². The lowest BCUT2D eigenvalue weighted by Gasteiger charge is -2.04. The maximum Gasteiger partial charge on any atom is 0.302 e. The molecule has 1 N–H and O–H groups in total. The normalized spacial score (nSPS) is 12.3. The summed E-state index contributed by atoms with van der Waals surface area (Å²) >= 11 is 0.157. The maximum atomic E-state index is 11.9. The van der Waals surface area contributed by atoms with Crippen molar-refractivity contribution < 1.29 is 9.35 Å². The summed E-state index contributed by atoms with van der Waals surface area (Å²) in [6.07, 6.45) is 11.6. The Morgan fingerprint density at radius 1 is 1.18 bits per heavy atom. The van der Waals surface area contributed by atoms with E-state index in [4.69, 9.17) is 0 Å². The van der Waals surface area contributed by atoms with E-state index in [9.17, 15) is 9.35 Å². The Morgan fingerprint density at radius 3 is 2.45 bits per heavy atom. The van der Waals surface area contributed by atoms with Crippen molar-refractivity contribution >= 4 is 28.4 Å². The highest BCUT2D eigenvalue weighted by Crippen LogP contribution is 2.19. The molecule has 0 saturated carbocycles. The fraction of sp³-hybridized carbons (Fsp3) is 0.750. The summed E-state index contributed by atoms with van der Waals surface area (Å²) in [7, 11) is 0. The van der Waals surface area contributed by atoms with Crippen molar-refractivity contribution in [2.24, 2.45) is 0 Å². The first-order chi connectivity index (χ1) is 10.7. The number of carbonyl (C=O) groups is 1. The number of nitrogens with zero attached hydrogens (tertiary/aromatic N) is 1. The van der Waals surface area contributed by atoms with Gasteiger partial charge in [-0.2, -0.15) is 4.98 Å². The molecule has 0 radical (unpaired) electrons. The van der Waals surface area contributed by atoms with Crippen molar-refractivity contribution in [3.63, 3.8) is 0 Å². The molecule has 1 atom stereocenters. The quantitative estimate of drug-likeness (QED) is 0.458. The van der Waals surface area contributed by atoms with Crippen LogP contribution in [-0.4, -0.2) is 27.7 Å². The molecule has 4 nitrogen and oxygen atoms in total. The number of hydrogen-bond acceptors (Lipinski definition) is 4. The minimum atomic E-state index is -1.07. The molecular formula is C16H28N2O2S2. The summed E-state index contributed by atoms with van der Waals surface area (Å²) in [5.41, 5.74) is 0. The fourth-order valence-corrected chi connectivity index (χ4v) is 4.12. The van der Waals surface area contributed by atoms with Gasteiger partial charge >= 0.3 is 4.34 Å². The molecule has 1 amide bonds. The fourth-order valence-electron chi connectivity index (χ4n) is 2.14. The second-order valence-electron chi connectivity index (χ2n) is 5.36. The van der Waals surface area contributed by atoms with Gasteiger partial charge in [0.15, 0.2) is 0 Å². The van der Waals surface area contributed by atoms with Crippen LogP contribution < -0.4 is 5.32 Å². The Labute approximate surface area is 141 Å². The zero-order valence-corrected chi connectivity index (χ0v) is 15.4. The Kier molecular flexibility index (Phi) is 10.5. The standard InChI is InChI=1S/C16H28N2O2S2/c1-3-5-6-7-8-9-10-11-12-17-15(19)14-13-18-16(21-14)22(20)4-2/h13H,3-12H2,1-2H3,(H,17,19). The highest BCUT2D eigenvalue weighted by atomic mass is 32.2. The predicted octanol–water partition coefficient (Wildman–Crippen LogP) is 4.14. The number of aromatic nitrogens is 1. The number of amides is 1. The van der Waals surface area contributed by atoms with Crippen LogP contribution in [0.15, 0.2) is 10.5 Å². The van der Waals surface area contributed by atoms with Crippen LogP contribution in [0.5, 0.6) is 0 Å². The molecule has 0 aliphatic heterocycles. The van der Waals surface area contributed by atoms with Crippen molar-refractivity contribution in [1.82, 2.24) is 10.3 Å². The molecule has 0 saturated heterocycles. The highest BCUT2D eigenvalue weighted by molar-refractivity contribution is 7.93. The first-order valence-electron chi connectivity index (χ1n) is 8.31. The average Bonchev–Trinajstić information content (AvgIpc) is 3.02. The maximum absolute atomic E-state index is 11.9. The molecule has 0 aromatic carbocycles. The first-order valence-corrected chi connectivity index (χ1v) is 10.4. The lowest BCUT2D eigenvalue weighted by molar-refractivity contribution is 0.0956. The Hall–Kier alpha value is -0.590. The van der Waals surface area contributed by atoms with Gasteiger partial charge in [-0.15, -0.1) is 0 Å². The summed E-state index contributed by atoms with van der Waals surface area (Å²) in [5, 5.41) is 2.91. The molecule has 1 rings (SSSR count). The molecule has 22 heavy (non-hydrogen) atoms. The minimum Gasteiger partial charge on any atom is -0.610 e. The van der Waals surface area contributed by atoms with Gasteiger partial charge < -0.3 is 9.87 Å². The first kappa shape index (κ1) is 19.5. The van der Waals surface area contributed by atoms with Crippen LogP contribution in [0, 0.1) is 0 Å². The van der Waals surface area contributed by atoms with Gasteiger partial charge in [0.1, 0.15) is 10.6 Å². The van der Waals surface area contributed by atoms with E-state index >= 15 is 0 Å². The number of hydrogen-bond donors (Lipinski definition) is 1. The summed E-state index contributed by atoms with van der Waals surface area (Å²) in [4.78, 5) is 16.5. The molecule has 1 heterocycles. The summed E-state index contributed by atoms with van der Waals surface area (Å²) in [6.45, 7) is 4.78. The van der Waals surface area contributed by atoms with Crippen molar-refractivity contribution in [3.05, 3.63) is 11.1 Å². The van der Waals surface area contributed by atoms with Gasteiger partial charge in [0, 0.05) is 17.7 Å². The third-order valence-corrected chi connectivity index (χ3v) is 6.10. The van der Waals surface area contributed by atoms with Crippen molar-refractivity contribution in [3.8, 4) is 0 Å². The molecular weight excluding hydrogens is 316 g/mol. The lowest BCUT2D eigenvalue weighted by Crippen LogP contribution is -2.23. The number of carbonyl (C=O) groups excluding carboxylic acids is 1. The van der Waals surface area contributed by atoms with Gasteiger partial charge in [0.25, 0.3) is 5.91 Å². The van der Waals surface area contributed by atoms with Crippen molar-refractivity contribution in [2.75, 3.05) is 12.3 Å². The molecule has 0 aliphatic rings. The van der Waals surface area contributed by atoms with E-state index in [0.717, 1.165) is 6.42 Å². The molecule has 1 aromatic rings. The van der Waals surface area contributed by atoms with E-state index in [1.54, 1.807) is 0 Å². The number of rotatable bonds is 12. The number of nitrogens with one attached hydrogen (secondary N) is 1. The molecule has 1 unspecified atom stereocenters. The summed E-state index contributed by atoms with van der Waals surface area (Å²) in [5.74, 6) is 0.437. The SMILES string of the molecule is CCCCCCCCCCNC(=O)c1cnc([S+]([O-])CC)s1. The van der Waals surface area contributed by atoms with Crippen LogP contribution in [0.1, 0.15) is 74.9 Å². The van der Waals surface area contributed by atoms with E-state index < -0.39 is 11.2 Å². The second kappa shape index (κ2) is 11.9. The van der Waals surface area contributed by atoms with E-state index in [2.05, 4.69) is 17.2 Å². The predicted molar refractivity (Wildman–Crippen MR) is 94.0 cm³/mol. The van der Waals surface area contributed by atoms with Gasteiger partial charge in [-0.05, 0) is 13.3 Å². The van der Waals surface area contributed by atoms with Crippen LogP contribution in [0.25, 0.3) is 0 Å². The van der Waals surface area contributed by atoms with Gasteiger partial charge in [-0.3, -0.25) is 4.79 Å². The number of thiazole rings is 1. The van der Waals surface area contributed by atoms with E-state index in [1.807, 2.05) is 6.92 Å². The molecule has 0 bridgehead atoms. The Balaban J connectivity index is 2.09. The zero-order valence-electron chi connectivity index (χ0n) is 13.7. The molecule has 126 valence electrons. The van der Waals surface area contributed by atoms with Crippen LogP contribution in [0.3, 0.4) is 0 Å². The van der Waals surface area contributed by atoms with E-state index in [0.29, 0.717) is 21.5 Å². The Morgan fingerprint density at radius 2 is 1.82 bits per heavy atom. The smallest absolute Gasteiger partial charge is 0.302 e. The number of unbranched alkanes of at least 4 members (excludes halogenated alkanes) is 7. The molecule has 0 fully saturated rings. The summed E-state index contributed by atoms with van der Waals surface area (Å²) < 4.78 is 12.1. The van der Waals surface area contributed by atoms with Crippen molar-refractivity contribution in [1.29, 1.82) is 0 Å². The highest BCUT2D eigenvalue weighted by Gasteiger charge is 2.17. The second-order valence-corrected chi connectivity index (χ2v) is 8.30. The summed E-state index contributed by atoms with van der Waals surface area (Å²) in [6, 6.07) is 0. The molecule has 6 heteroatoms. The van der Waals surface area contributed by atoms with E-state index in [-0.39, 0.29) is 5.91 Å². The van der Waals surface area contributed by atoms with Gasteiger partial charge in [0.2, 0.25) is 0 Å². The monoisotopic (exact) mass is 344 g/mol. The third kappa shape index (κ3) is 7.61. The van der Waals surface area contributed by atoms with Crippen LogP contribution in [0.2, 0.25) is 0 Å². The van der Waals surface area contributed by atoms with Gasteiger partial charge in [-0.1, -0.05) is 63.2 Å².